The van der Waals surface area contributed by atoms with Gasteiger partial charge in [0.15, 0.2) is 11.8 Å². The first-order valence-corrected chi connectivity index (χ1v) is 11.0. The zero-order valence-electron chi connectivity index (χ0n) is 18.1. The molecule has 0 spiro atoms. The minimum atomic E-state index is 0.677. The van der Waals surface area contributed by atoms with Crippen LogP contribution in [-0.2, 0) is 19.6 Å². The first-order chi connectivity index (χ1) is 15.3. The van der Waals surface area contributed by atoms with Crippen molar-refractivity contribution >= 4 is 5.96 Å². The average Bonchev–Trinajstić information content (AvgIpc) is 3.36. The molecule has 7 nitrogen and oxygen atoms in total. The highest BCUT2D eigenvalue weighted by Crippen LogP contribution is 2.15. The summed E-state index contributed by atoms with van der Waals surface area (Å²) in [6.45, 7) is 4.93. The van der Waals surface area contributed by atoms with E-state index in [2.05, 4.69) is 72.1 Å². The number of aromatic amines is 1. The molecule has 2 aromatic carbocycles. The van der Waals surface area contributed by atoms with Gasteiger partial charge in [-0.05, 0) is 48.7 Å². The Hall–Kier alpha value is -3.19. The van der Waals surface area contributed by atoms with Crippen LogP contribution in [0.1, 0.15) is 36.0 Å². The van der Waals surface area contributed by atoms with Gasteiger partial charge in [0.05, 0.1) is 0 Å². The van der Waals surface area contributed by atoms with E-state index in [1.54, 1.807) is 7.05 Å². The van der Waals surface area contributed by atoms with Crippen molar-refractivity contribution in [3.63, 3.8) is 0 Å². The molecule has 0 unspecified atom stereocenters. The van der Waals surface area contributed by atoms with Crippen molar-refractivity contribution in [2.24, 2.45) is 4.99 Å². The third-order valence-electron chi connectivity index (χ3n) is 5.64. The Morgan fingerprint density at radius 3 is 2.42 bits per heavy atom. The van der Waals surface area contributed by atoms with Gasteiger partial charge in [0.1, 0.15) is 6.33 Å². The van der Waals surface area contributed by atoms with Crippen molar-refractivity contribution < 1.29 is 0 Å². The summed E-state index contributed by atoms with van der Waals surface area (Å²) in [6, 6.07) is 17.1. The van der Waals surface area contributed by atoms with Crippen LogP contribution in [0.4, 0.5) is 0 Å². The Morgan fingerprint density at radius 1 is 0.968 bits per heavy atom. The first-order valence-electron chi connectivity index (χ1n) is 11.0. The number of H-pyrrole nitrogens is 1. The second-order valence-corrected chi connectivity index (χ2v) is 7.97. The van der Waals surface area contributed by atoms with Gasteiger partial charge < -0.3 is 10.6 Å². The number of aromatic nitrogens is 3. The van der Waals surface area contributed by atoms with E-state index in [1.165, 1.54) is 49.8 Å². The number of hydrogen-bond acceptors (Lipinski definition) is 4. The van der Waals surface area contributed by atoms with Gasteiger partial charge in [-0.25, -0.2) is 4.98 Å². The van der Waals surface area contributed by atoms with Crippen molar-refractivity contribution in [1.82, 2.24) is 30.7 Å². The summed E-state index contributed by atoms with van der Waals surface area (Å²) in [5.74, 6) is 1.55. The number of piperidine rings is 1. The maximum absolute atomic E-state index is 4.34. The summed E-state index contributed by atoms with van der Waals surface area (Å²) in [5, 5.41) is 13.6. The second-order valence-electron chi connectivity index (χ2n) is 7.97. The molecule has 0 amide bonds. The van der Waals surface area contributed by atoms with Crippen LogP contribution in [0.3, 0.4) is 0 Å². The molecule has 0 aliphatic carbocycles. The maximum Gasteiger partial charge on any atom is 0.191 e. The molecule has 1 aliphatic heterocycles. The van der Waals surface area contributed by atoms with Crippen LogP contribution in [0.2, 0.25) is 0 Å². The van der Waals surface area contributed by atoms with E-state index >= 15 is 0 Å². The molecule has 7 heteroatoms. The lowest BCUT2D eigenvalue weighted by Crippen LogP contribution is -2.36. The van der Waals surface area contributed by atoms with Crippen LogP contribution < -0.4 is 10.6 Å². The molecule has 3 N–H and O–H groups in total. The molecule has 0 atom stereocenters. The number of nitrogens with zero attached hydrogens (tertiary/aromatic N) is 4. The molecule has 2 heterocycles. The fourth-order valence-corrected chi connectivity index (χ4v) is 3.90. The highest BCUT2D eigenvalue weighted by Gasteiger charge is 2.10. The molecule has 4 rings (SSSR count). The highest BCUT2D eigenvalue weighted by atomic mass is 15.2. The number of rotatable bonds is 7. The third kappa shape index (κ3) is 6.15. The number of nitrogens with one attached hydrogen (secondary N) is 3. The summed E-state index contributed by atoms with van der Waals surface area (Å²) in [4.78, 5) is 11.1. The molecule has 1 aromatic heterocycles. The summed E-state index contributed by atoms with van der Waals surface area (Å²) >= 11 is 0. The second kappa shape index (κ2) is 10.7. The Labute approximate surface area is 184 Å². The predicted molar refractivity (Wildman–Crippen MR) is 124 cm³/mol. The number of benzene rings is 2. The number of guanidine groups is 1. The zero-order valence-corrected chi connectivity index (χ0v) is 18.1. The lowest BCUT2D eigenvalue weighted by molar-refractivity contribution is 0.221. The molecule has 0 radical (unpaired) electrons. The Kier molecular flexibility index (Phi) is 7.28. The predicted octanol–water partition coefficient (Wildman–Crippen LogP) is 3.32. The monoisotopic (exact) mass is 417 g/mol. The van der Waals surface area contributed by atoms with Gasteiger partial charge in [-0.15, -0.1) is 0 Å². The van der Waals surface area contributed by atoms with E-state index < -0.39 is 0 Å². The van der Waals surface area contributed by atoms with E-state index in [4.69, 9.17) is 0 Å². The van der Waals surface area contributed by atoms with Gasteiger partial charge in [0.2, 0.25) is 0 Å². The highest BCUT2D eigenvalue weighted by molar-refractivity contribution is 5.79. The standard InChI is InChI=1S/C24H31N7/c1-25-24(27-16-21-6-5-7-22(14-21)23-28-18-29-30-23)26-15-19-8-10-20(11-9-19)17-31-12-3-2-4-13-31/h5-11,14,18H,2-4,12-13,15-17H2,1H3,(H2,25,26,27)(H,28,29,30). The van der Waals surface area contributed by atoms with Gasteiger partial charge >= 0.3 is 0 Å². The SMILES string of the molecule is CN=C(NCc1ccc(CN2CCCCC2)cc1)NCc1cccc(-c2ncn[nH]2)c1. The quantitative estimate of drug-likeness (QED) is 0.406. The Morgan fingerprint density at radius 2 is 1.71 bits per heavy atom. The number of likely N-dealkylation sites (tertiary alicyclic amines) is 1. The molecular formula is C24H31N7. The molecule has 1 fully saturated rings. The van der Waals surface area contributed by atoms with E-state index in [0.717, 1.165) is 36.0 Å². The molecule has 1 saturated heterocycles. The summed E-state index contributed by atoms with van der Waals surface area (Å²) in [6.07, 6.45) is 5.56. The average molecular weight is 418 g/mol. The first kappa shape index (κ1) is 21.1. The molecule has 3 aromatic rings. The molecule has 0 bridgehead atoms. The summed E-state index contributed by atoms with van der Waals surface area (Å²) < 4.78 is 0. The number of hydrogen-bond donors (Lipinski definition) is 3. The van der Waals surface area contributed by atoms with Crippen molar-refractivity contribution in [2.45, 2.75) is 38.9 Å². The lowest BCUT2D eigenvalue weighted by atomic mass is 10.1. The van der Waals surface area contributed by atoms with E-state index in [0.29, 0.717) is 6.54 Å². The van der Waals surface area contributed by atoms with Crippen molar-refractivity contribution in [1.29, 1.82) is 0 Å². The van der Waals surface area contributed by atoms with Gasteiger partial charge in [-0.3, -0.25) is 15.0 Å². The van der Waals surface area contributed by atoms with E-state index in [1.807, 2.05) is 12.1 Å². The maximum atomic E-state index is 4.34. The number of aliphatic imine (C=N–C) groups is 1. The minimum Gasteiger partial charge on any atom is -0.352 e. The van der Waals surface area contributed by atoms with Crippen molar-refractivity contribution in [2.75, 3.05) is 20.1 Å². The van der Waals surface area contributed by atoms with Gasteiger partial charge in [-0.2, -0.15) is 5.10 Å². The zero-order chi connectivity index (χ0) is 21.3. The van der Waals surface area contributed by atoms with Crippen LogP contribution in [0.5, 0.6) is 0 Å². The molecular weight excluding hydrogens is 386 g/mol. The van der Waals surface area contributed by atoms with Crippen molar-refractivity contribution in [3.8, 4) is 11.4 Å². The van der Waals surface area contributed by atoms with Crippen LogP contribution in [0, 0.1) is 0 Å². The van der Waals surface area contributed by atoms with E-state index in [-0.39, 0.29) is 0 Å². The molecule has 0 saturated carbocycles. The van der Waals surface area contributed by atoms with E-state index in [9.17, 15) is 0 Å². The minimum absolute atomic E-state index is 0.677. The lowest BCUT2D eigenvalue weighted by Gasteiger charge is -2.26. The molecule has 31 heavy (non-hydrogen) atoms. The van der Waals surface area contributed by atoms with Crippen LogP contribution in [0.25, 0.3) is 11.4 Å². The fraction of sp³-hybridized carbons (Fsp3) is 0.375. The molecule has 162 valence electrons. The Balaban J connectivity index is 1.25. The normalized spacial score (nSPS) is 15.1. The topological polar surface area (TPSA) is 81.2 Å². The van der Waals surface area contributed by atoms with Crippen molar-refractivity contribution in [3.05, 3.63) is 71.5 Å². The van der Waals surface area contributed by atoms with Crippen LogP contribution in [-0.4, -0.2) is 46.2 Å². The summed E-state index contributed by atoms with van der Waals surface area (Å²) in [7, 11) is 1.79. The smallest absolute Gasteiger partial charge is 0.191 e. The van der Waals surface area contributed by atoms with Gasteiger partial charge in [0.25, 0.3) is 0 Å². The van der Waals surface area contributed by atoms with Gasteiger partial charge in [0, 0.05) is 32.2 Å². The third-order valence-corrected chi connectivity index (χ3v) is 5.64. The summed E-state index contributed by atoms with van der Waals surface area (Å²) in [5.41, 5.74) is 4.81. The van der Waals surface area contributed by atoms with Gasteiger partial charge in [-0.1, -0.05) is 48.9 Å². The molecule has 1 aliphatic rings. The largest absolute Gasteiger partial charge is 0.352 e. The van der Waals surface area contributed by atoms with Crippen LogP contribution in [0.15, 0.2) is 59.9 Å². The van der Waals surface area contributed by atoms with Crippen LogP contribution >= 0.6 is 0 Å². The fourth-order valence-electron chi connectivity index (χ4n) is 3.90. The Bertz CT molecular complexity index is 958.